The second-order valence-corrected chi connectivity index (χ2v) is 4.10. The topological polar surface area (TPSA) is 3.24 Å². The number of halogens is 2. The molecule has 2 atom stereocenters. The second-order valence-electron chi connectivity index (χ2n) is 3.54. The van der Waals surface area contributed by atoms with Crippen LogP contribution in [0.4, 0.5) is 4.39 Å². The Bertz CT molecular complexity index is 132. The highest BCUT2D eigenvalue weighted by atomic mass is 35.5. The molecule has 1 saturated carbocycles. The molecular weight excluding hydrogens is 177 g/mol. The molecule has 0 spiro atoms. The summed E-state index contributed by atoms with van der Waals surface area (Å²) in [4.78, 5) is 2.05. The Balaban J connectivity index is 2.36. The number of rotatable bonds is 3. The van der Waals surface area contributed by atoms with E-state index in [1.54, 1.807) is 0 Å². The molecular formula is C9H17ClFN. The van der Waals surface area contributed by atoms with E-state index in [1.165, 1.54) is 12.8 Å². The molecule has 0 aliphatic heterocycles. The average Bonchev–Trinajstić information content (AvgIpc) is 2.05. The fraction of sp³-hybridized carbons (Fsp3) is 1.00. The van der Waals surface area contributed by atoms with Crippen molar-refractivity contribution in [3.8, 4) is 0 Å². The summed E-state index contributed by atoms with van der Waals surface area (Å²) in [5.41, 5.74) is 0. The van der Waals surface area contributed by atoms with Crippen LogP contribution in [0.25, 0.3) is 0 Å². The summed E-state index contributed by atoms with van der Waals surface area (Å²) in [7, 11) is 1.96. The fourth-order valence-corrected chi connectivity index (χ4v) is 2.33. The van der Waals surface area contributed by atoms with Crippen molar-refractivity contribution in [3.63, 3.8) is 0 Å². The Morgan fingerprint density at radius 2 is 2.08 bits per heavy atom. The van der Waals surface area contributed by atoms with Crippen LogP contribution in [0.15, 0.2) is 0 Å². The van der Waals surface area contributed by atoms with Gasteiger partial charge in [0.2, 0.25) is 0 Å². The van der Waals surface area contributed by atoms with Crippen LogP contribution in [0.3, 0.4) is 0 Å². The molecule has 1 aliphatic rings. The molecule has 12 heavy (non-hydrogen) atoms. The first kappa shape index (κ1) is 10.3. The summed E-state index contributed by atoms with van der Waals surface area (Å²) >= 11 is 6.15. The van der Waals surface area contributed by atoms with Crippen molar-refractivity contribution in [1.29, 1.82) is 0 Å². The molecule has 1 aliphatic carbocycles. The van der Waals surface area contributed by atoms with E-state index in [4.69, 9.17) is 11.6 Å². The van der Waals surface area contributed by atoms with Gasteiger partial charge in [0.1, 0.15) is 6.67 Å². The van der Waals surface area contributed by atoms with Crippen molar-refractivity contribution in [1.82, 2.24) is 4.90 Å². The Labute approximate surface area is 78.9 Å². The summed E-state index contributed by atoms with van der Waals surface area (Å²) in [6.07, 6.45) is 4.69. The normalized spacial score (nSPS) is 31.0. The van der Waals surface area contributed by atoms with Gasteiger partial charge in [0.15, 0.2) is 0 Å². The van der Waals surface area contributed by atoms with E-state index in [9.17, 15) is 4.39 Å². The SMILES string of the molecule is CN(CCF)C1CCCCC1Cl. The fourth-order valence-electron chi connectivity index (χ4n) is 1.86. The van der Waals surface area contributed by atoms with E-state index in [0.29, 0.717) is 12.6 Å². The minimum atomic E-state index is -0.267. The molecule has 0 heterocycles. The molecule has 1 fully saturated rings. The third-order valence-electron chi connectivity index (χ3n) is 2.65. The largest absolute Gasteiger partial charge is 0.299 e. The van der Waals surface area contributed by atoms with Gasteiger partial charge in [-0.15, -0.1) is 11.6 Å². The first-order valence-electron chi connectivity index (χ1n) is 4.66. The lowest BCUT2D eigenvalue weighted by Crippen LogP contribution is -2.41. The Morgan fingerprint density at radius 1 is 1.42 bits per heavy atom. The van der Waals surface area contributed by atoms with Crippen molar-refractivity contribution in [2.75, 3.05) is 20.3 Å². The third-order valence-corrected chi connectivity index (χ3v) is 3.16. The zero-order chi connectivity index (χ0) is 8.97. The van der Waals surface area contributed by atoms with E-state index >= 15 is 0 Å². The lowest BCUT2D eigenvalue weighted by molar-refractivity contribution is 0.183. The van der Waals surface area contributed by atoms with Crippen LogP contribution in [0.1, 0.15) is 25.7 Å². The zero-order valence-electron chi connectivity index (χ0n) is 7.60. The highest BCUT2D eigenvalue weighted by Gasteiger charge is 2.25. The minimum Gasteiger partial charge on any atom is -0.299 e. The van der Waals surface area contributed by atoms with E-state index < -0.39 is 0 Å². The van der Waals surface area contributed by atoms with Crippen molar-refractivity contribution in [2.45, 2.75) is 37.1 Å². The molecule has 0 radical (unpaired) electrons. The third kappa shape index (κ3) is 2.60. The molecule has 0 aromatic rings. The van der Waals surface area contributed by atoms with Gasteiger partial charge in [-0.2, -0.15) is 0 Å². The molecule has 0 bridgehead atoms. The van der Waals surface area contributed by atoms with Gasteiger partial charge >= 0.3 is 0 Å². The van der Waals surface area contributed by atoms with Gasteiger partial charge in [0.25, 0.3) is 0 Å². The highest BCUT2D eigenvalue weighted by molar-refractivity contribution is 6.21. The Hall–Kier alpha value is 0.180. The quantitative estimate of drug-likeness (QED) is 0.623. The minimum absolute atomic E-state index is 0.232. The zero-order valence-corrected chi connectivity index (χ0v) is 8.36. The second kappa shape index (κ2) is 5.03. The first-order chi connectivity index (χ1) is 5.75. The van der Waals surface area contributed by atoms with Gasteiger partial charge in [-0.1, -0.05) is 12.8 Å². The number of hydrogen-bond donors (Lipinski definition) is 0. The molecule has 0 aromatic carbocycles. The number of alkyl halides is 2. The number of nitrogens with zero attached hydrogens (tertiary/aromatic N) is 1. The molecule has 0 aromatic heterocycles. The van der Waals surface area contributed by atoms with E-state index in [2.05, 4.69) is 4.90 Å². The van der Waals surface area contributed by atoms with Crippen molar-refractivity contribution in [2.24, 2.45) is 0 Å². The maximum Gasteiger partial charge on any atom is 0.102 e. The summed E-state index contributed by atoms with van der Waals surface area (Å²) in [5, 5.41) is 0.232. The van der Waals surface area contributed by atoms with Crippen LogP contribution in [0.2, 0.25) is 0 Å². The van der Waals surface area contributed by atoms with E-state index in [-0.39, 0.29) is 12.1 Å². The van der Waals surface area contributed by atoms with Gasteiger partial charge in [-0.3, -0.25) is 4.90 Å². The van der Waals surface area contributed by atoms with Gasteiger partial charge in [0.05, 0.1) is 0 Å². The van der Waals surface area contributed by atoms with E-state index in [1.807, 2.05) is 7.05 Å². The predicted octanol–water partition coefficient (Wildman–Crippen LogP) is 2.44. The van der Waals surface area contributed by atoms with Crippen LogP contribution in [0, 0.1) is 0 Å². The molecule has 3 heteroatoms. The van der Waals surface area contributed by atoms with E-state index in [0.717, 1.165) is 12.8 Å². The van der Waals surface area contributed by atoms with Crippen LogP contribution < -0.4 is 0 Å². The summed E-state index contributed by atoms with van der Waals surface area (Å²) < 4.78 is 12.0. The van der Waals surface area contributed by atoms with Gasteiger partial charge < -0.3 is 0 Å². The predicted molar refractivity (Wildman–Crippen MR) is 50.5 cm³/mol. The molecule has 1 rings (SSSR count). The molecule has 2 unspecified atom stereocenters. The lowest BCUT2D eigenvalue weighted by Gasteiger charge is -2.34. The Morgan fingerprint density at radius 3 is 2.67 bits per heavy atom. The average molecular weight is 194 g/mol. The van der Waals surface area contributed by atoms with Gasteiger partial charge in [-0.05, 0) is 19.9 Å². The maximum absolute atomic E-state index is 12.0. The van der Waals surface area contributed by atoms with Crippen LogP contribution in [-0.4, -0.2) is 36.6 Å². The highest BCUT2D eigenvalue weighted by Crippen LogP contribution is 2.26. The molecule has 0 N–H and O–H groups in total. The number of hydrogen-bond acceptors (Lipinski definition) is 1. The molecule has 72 valence electrons. The monoisotopic (exact) mass is 193 g/mol. The smallest absolute Gasteiger partial charge is 0.102 e. The molecule has 1 nitrogen and oxygen atoms in total. The lowest BCUT2D eigenvalue weighted by atomic mass is 9.94. The van der Waals surface area contributed by atoms with Gasteiger partial charge in [-0.25, -0.2) is 4.39 Å². The molecule has 0 amide bonds. The standard InChI is InChI=1S/C9H17ClFN/c1-12(7-6-11)9-5-3-2-4-8(9)10/h8-9H,2-7H2,1H3. The summed E-state index contributed by atoms with van der Waals surface area (Å²) in [6, 6.07) is 0.399. The maximum atomic E-state index is 12.0. The van der Waals surface area contributed by atoms with Crippen molar-refractivity contribution >= 4 is 11.6 Å². The summed E-state index contributed by atoms with van der Waals surface area (Å²) in [5.74, 6) is 0. The van der Waals surface area contributed by atoms with Crippen molar-refractivity contribution < 1.29 is 4.39 Å². The van der Waals surface area contributed by atoms with Gasteiger partial charge in [0, 0.05) is 18.0 Å². The molecule has 0 saturated heterocycles. The van der Waals surface area contributed by atoms with Crippen LogP contribution in [-0.2, 0) is 0 Å². The van der Waals surface area contributed by atoms with Crippen LogP contribution in [0.5, 0.6) is 0 Å². The first-order valence-corrected chi connectivity index (χ1v) is 5.09. The van der Waals surface area contributed by atoms with Crippen molar-refractivity contribution in [3.05, 3.63) is 0 Å². The Kier molecular flexibility index (Phi) is 4.30. The summed E-state index contributed by atoms with van der Waals surface area (Å²) in [6.45, 7) is 0.254. The van der Waals surface area contributed by atoms with Crippen LogP contribution >= 0.6 is 11.6 Å².